The van der Waals surface area contributed by atoms with E-state index in [4.69, 9.17) is 4.74 Å². The Kier molecular flexibility index (Phi) is 6.81. The molecule has 0 radical (unpaired) electrons. The van der Waals surface area contributed by atoms with E-state index < -0.39 is 5.41 Å². The highest BCUT2D eigenvalue weighted by Gasteiger charge is 2.50. The molecule has 59 heavy (non-hydrogen) atoms. The fourth-order valence-electron chi connectivity index (χ4n) is 10.2. The van der Waals surface area contributed by atoms with Gasteiger partial charge in [0.15, 0.2) is 0 Å². The second kappa shape index (κ2) is 12.3. The first-order chi connectivity index (χ1) is 29.3. The summed E-state index contributed by atoms with van der Waals surface area (Å²) in [7, 11) is 0. The van der Waals surface area contributed by atoms with Gasteiger partial charge in [-0.3, -0.25) is 0 Å². The number of thiophene rings is 1. The molecule has 4 heterocycles. The van der Waals surface area contributed by atoms with Crippen LogP contribution in [0.25, 0.3) is 58.8 Å². The van der Waals surface area contributed by atoms with Crippen molar-refractivity contribution in [2.75, 3.05) is 4.90 Å². The Morgan fingerprint density at radius 1 is 0.441 bits per heavy atom. The summed E-state index contributed by atoms with van der Waals surface area (Å²) in [5.74, 6) is 1.73. The van der Waals surface area contributed by atoms with Gasteiger partial charge in [0.1, 0.15) is 11.5 Å². The van der Waals surface area contributed by atoms with Gasteiger partial charge in [0.25, 0.3) is 0 Å². The zero-order valence-corrected chi connectivity index (χ0v) is 32.7. The van der Waals surface area contributed by atoms with E-state index in [0.29, 0.717) is 0 Å². The molecule has 0 N–H and O–H groups in total. The zero-order valence-electron chi connectivity index (χ0n) is 31.8. The lowest BCUT2D eigenvalue weighted by Gasteiger charge is -2.45. The maximum atomic E-state index is 7.11. The van der Waals surface area contributed by atoms with E-state index in [-0.39, 0.29) is 0 Å². The van der Waals surface area contributed by atoms with Crippen LogP contribution in [0.5, 0.6) is 11.5 Å². The molecule has 11 aromatic rings. The number of anilines is 3. The van der Waals surface area contributed by atoms with Crippen LogP contribution in [0.3, 0.4) is 0 Å². The van der Waals surface area contributed by atoms with Crippen molar-refractivity contribution >= 4 is 70.4 Å². The molecule has 9 aromatic carbocycles. The molecule has 0 saturated heterocycles. The lowest BCUT2D eigenvalue weighted by atomic mass is 9.62. The highest BCUT2D eigenvalue weighted by atomic mass is 32.1. The number of ether oxygens (including phenoxy) is 1. The lowest BCUT2D eigenvalue weighted by molar-refractivity contribution is 0.434. The van der Waals surface area contributed by atoms with Crippen molar-refractivity contribution in [3.05, 3.63) is 229 Å². The molecule has 0 saturated carbocycles. The van der Waals surface area contributed by atoms with Crippen LogP contribution in [0.4, 0.5) is 17.1 Å². The third kappa shape index (κ3) is 4.47. The topological polar surface area (TPSA) is 17.4 Å². The summed E-state index contributed by atoms with van der Waals surface area (Å²) in [5.41, 5.74) is 13.5. The van der Waals surface area contributed by atoms with Crippen molar-refractivity contribution in [2.24, 2.45) is 0 Å². The van der Waals surface area contributed by atoms with Gasteiger partial charge in [-0.05, 0) is 70.8 Å². The molecule has 0 bridgehead atoms. The largest absolute Gasteiger partial charge is 0.457 e. The van der Waals surface area contributed by atoms with Gasteiger partial charge in [0, 0.05) is 54.8 Å². The molecular formula is C55H34N2OS. The van der Waals surface area contributed by atoms with Gasteiger partial charge in [-0.15, -0.1) is 11.3 Å². The fourth-order valence-corrected chi connectivity index (χ4v) is 11.4. The molecule has 1 atom stereocenters. The monoisotopic (exact) mass is 770 g/mol. The van der Waals surface area contributed by atoms with E-state index in [0.717, 1.165) is 39.7 Å². The maximum absolute atomic E-state index is 7.11. The molecule has 13 rings (SSSR count). The van der Waals surface area contributed by atoms with E-state index >= 15 is 0 Å². The Balaban J connectivity index is 1.08. The van der Waals surface area contributed by atoms with Crippen molar-refractivity contribution in [1.82, 2.24) is 4.57 Å². The van der Waals surface area contributed by atoms with Gasteiger partial charge >= 0.3 is 0 Å². The number of nitrogens with zero attached hydrogens (tertiary/aromatic N) is 2. The Hall–Kier alpha value is -7.40. The molecule has 2 aliphatic rings. The molecular weight excluding hydrogens is 737 g/mol. The smallest absolute Gasteiger partial charge is 0.134 e. The molecule has 2 aliphatic heterocycles. The van der Waals surface area contributed by atoms with Crippen LogP contribution in [-0.4, -0.2) is 4.57 Å². The normalized spacial score (nSPS) is 15.0. The summed E-state index contributed by atoms with van der Waals surface area (Å²) in [6, 6.07) is 75.3. The number of hydrogen-bond acceptors (Lipinski definition) is 3. The average molecular weight is 771 g/mol. The summed E-state index contributed by atoms with van der Waals surface area (Å²) in [4.78, 5) is 2.41. The average Bonchev–Trinajstić information content (AvgIpc) is 3.86. The number of para-hydroxylation sites is 4. The van der Waals surface area contributed by atoms with E-state index in [2.05, 4.69) is 216 Å². The summed E-state index contributed by atoms with van der Waals surface area (Å²) in [5, 5.41) is 5.06. The second-order valence-corrected chi connectivity index (χ2v) is 16.7. The van der Waals surface area contributed by atoms with Crippen LogP contribution < -0.4 is 9.64 Å². The number of hydrogen-bond donors (Lipinski definition) is 0. The molecule has 4 heteroatoms. The predicted molar refractivity (Wildman–Crippen MR) is 246 cm³/mol. The molecule has 1 unspecified atom stereocenters. The molecule has 1 spiro atoms. The van der Waals surface area contributed by atoms with Crippen molar-refractivity contribution < 1.29 is 4.74 Å². The van der Waals surface area contributed by atoms with E-state index in [1.54, 1.807) is 0 Å². The Bertz CT molecular complexity index is 3490. The minimum Gasteiger partial charge on any atom is -0.457 e. The Morgan fingerprint density at radius 3 is 1.98 bits per heavy atom. The van der Waals surface area contributed by atoms with Crippen molar-refractivity contribution in [3.63, 3.8) is 0 Å². The first kappa shape index (κ1) is 32.7. The van der Waals surface area contributed by atoms with E-state index in [1.807, 2.05) is 11.3 Å². The Morgan fingerprint density at radius 2 is 1.08 bits per heavy atom. The van der Waals surface area contributed by atoms with Crippen LogP contribution in [0.1, 0.15) is 22.3 Å². The summed E-state index contributed by atoms with van der Waals surface area (Å²) >= 11 is 1.85. The van der Waals surface area contributed by atoms with Gasteiger partial charge in [-0.2, -0.15) is 0 Å². The molecule has 3 nitrogen and oxygen atoms in total. The van der Waals surface area contributed by atoms with Crippen molar-refractivity contribution in [1.29, 1.82) is 0 Å². The molecule has 0 amide bonds. The number of aromatic nitrogens is 1. The summed E-state index contributed by atoms with van der Waals surface area (Å²) < 4.78 is 12.1. The van der Waals surface area contributed by atoms with Gasteiger partial charge in [0.2, 0.25) is 0 Å². The minimum atomic E-state index is -0.628. The Labute approximate surface area is 345 Å². The maximum Gasteiger partial charge on any atom is 0.134 e. The van der Waals surface area contributed by atoms with Crippen molar-refractivity contribution in [2.45, 2.75) is 5.41 Å². The lowest BCUT2D eigenvalue weighted by Crippen LogP contribution is -2.37. The SMILES string of the molecule is c1ccc(-c2ccc(N(c3ccc4c(c3)Oc3ccccc3C43c4ccccc4-n4c5ccccc5c5cccc3c54)c3cccc4c3sc3ccccc34)cc2)cc1. The predicted octanol–water partition coefficient (Wildman–Crippen LogP) is 15.1. The van der Waals surface area contributed by atoms with Crippen LogP contribution in [0.2, 0.25) is 0 Å². The highest BCUT2D eigenvalue weighted by molar-refractivity contribution is 7.26. The van der Waals surface area contributed by atoms with Gasteiger partial charge in [0.05, 0.1) is 32.5 Å². The van der Waals surface area contributed by atoms with Crippen LogP contribution in [0.15, 0.2) is 206 Å². The van der Waals surface area contributed by atoms with Gasteiger partial charge in [-0.25, -0.2) is 0 Å². The van der Waals surface area contributed by atoms with E-state index in [9.17, 15) is 0 Å². The second-order valence-electron chi connectivity index (χ2n) is 15.6. The molecule has 0 aliphatic carbocycles. The quantitative estimate of drug-likeness (QED) is 0.177. The van der Waals surface area contributed by atoms with Gasteiger partial charge < -0.3 is 14.2 Å². The number of fused-ring (bicyclic) bond motifs is 14. The molecule has 2 aromatic heterocycles. The van der Waals surface area contributed by atoms with Crippen LogP contribution >= 0.6 is 11.3 Å². The minimum absolute atomic E-state index is 0.628. The van der Waals surface area contributed by atoms with E-state index in [1.165, 1.54) is 69.9 Å². The molecule has 0 fully saturated rings. The first-order valence-corrected chi connectivity index (χ1v) is 21.0. The van der Waals surface area contributed by atoms with Crippen LogP contribution in [-0.2, 0) is 5.41 Å². The number of benzene rings is 9. The summed E-state index contributed by atoms with van der Waals surface area (Å²) in [6.07, 6.45) is 0. The van der Waals surface area contributed by atoms with Crippen LogP contribution in [0, 0.1) is 0 Å². The third-order valence-electron chi connectivity index (χ3n) is 12.6. The number of rotatable bonds is 4. The third-order valence-corrected chi connectivity index (χ3v) is 13.9. The van der Waals surface area contributed by atoms with Gasteiger partial charge in [-0.1, -0.05) is 152 Å². The standard InChI is InChI=1S/C55H34N2OS/c1-2-14-35(15-3-1)36-28-30-37(31-29-36)56(49-25-13-19-42-40-17-5-11-27-52(40)59-54(42)49)38-32-33-45-51(34-38)58-50-26-10-7-21-44(50)55(45)43-20-6-9-24-48(43)57-47-23-8-4-16-39(47)41-18-12-22-46(55)53(41)57/h1-34H. The first-order valence-electron chi connectivity index (χ1n) is 20.2. The van der Waals surface area contributed by atoms with Crippen molar-refractivity contribution in [3.8, 4) is 28.3 Å². The summed E-state index contributed by atoms with van der Waals surface area (Å²) in [6.45, 7) is 0. The molecule has 276 valence electrons. The zero-order chi connectivity index (χ0) is 38.7. The highest BCUT2D eigenvalue weighted by Crippen LogP contribution is 2.61. The fraction of sp³-hybridized carbons (Fsp3) is 0.0182.